The van der Waals surface area contributed by atoms with Gasteiger partial charge in [0.1, 0.15) is 17.5 Å². The molecule has 2 heterocycles. The topological polar surface area (TPSA) is 55.0 Å². The summed E-state index contributed by atoms with van der Waals surface area (Å²) in [7, 11) is 0. The van der Waals surface area contributed by atoms with Crippen molar-refractivity contribution in [1.82, 2.24) is 9.97 Å². The van der Waals surface area contributed by atoms with E-state index in [0.717, 1.165) is 30.6 Å². The first-order valence-electron chi connectivity index (χ1n) is 7.15. The Kier molecular flexibility index (Phi) is 3.10. The van der Waals surface area contributed by atoms with E-state index >= 15 is 0 Å². The lowest BCUT2D eigenvalue weighted by Gasteiger charge is -2.33. The normalized spacial score (nSPS) is 24.3. The van der Waals surface area contributed by atoms with Crippen molar-refractivity contribution in [1.29, 1.82) is 0 Å². The standard InChI is InChI=1S/C14H22N4/c1-2-10-4-3-7-18(9-10)13-8-12(15)16-14(17-13)11-5-6-11/h8,10-11H,2-7,9H2,1H3,(H2,15,16,17). The molecule has 1 aromatic heterocycles. The molecular formula is C14H22N4. The predicted molar refractivity (Wildman–Crippen MR) is 73.6 cm³/mol. The van der Waals surface area contributed by atoms with Crippen molar-refractivity contribution < 1.29 is 0 Å². The van der Waals surface area contributed by atoms with Crippen molar-refractivity contribution in [3.8, 4) is 0 Å². The van der Waals surface area contributed by atoms with E-state index in [-0.39, 0.29) is 0 Å². The Hall–Kier alpha value is -1.32. The second-order valence-electron chi connectivity index (χ2n) is 5.65. The Morgan fingerprint density at radius 1 is 1.33 bits per heavy atom. The van der Waals surface area contributed by atoms with Gasteiger partial charge in [0.2, 0.25) is 0 Å². The molecule has 0 aromatic carbocycles. The smallest absolute Gasteiger partial charge is 0.136 e. The second kappa shape index (κ2) is 4.75. The maximum absolute atomic E-state index is 5.92. The molecule has 2 N–H and O–H groups in total. The minimum atomic E-state index is 0.569. The molecule has 1 saturated heterocycles. The lowest BCUT2D eigenvalue weighted by Crippen LogP contribution is -2.36. The summed E-state index contributed by atoms with van der Waals surface area (Å²) < 4.78 is 0. The summed E-state index contributed by atoms with van der Waals surface area (Å²) in [6.07, 6.45) is 6.32. The molecule has 2 aliphatic rings. The van der Waals surface area contributed by atoms with Gasteiger partial charge in [-0.2, -0.15) is 0 Å². The molecule has 1 aliphatic carbocycles. The van der Waals surface area contributed by atoms with Crippen molar-refractivity contribution in [2.75, 3.05) is 23.7 Å². The highest BCUT2D eigenvalue weighted by Crippen LogP contribution is 2.39. The second-order valence-corrected chi connectivity index (χ2v) is 5.65. The maximum Gasteiger partial charge on any atom is 0.136 e. The average molecular weight is 246 g/mol. The van der Waals surface area contributed by atoms with Crippen LogP contribution in [0.2, 0.25) is 0 Å². The minimum Gasteiger partial charge on any atom is -0.384 e. The summed E-state index contributed by atoms with van der Waals surface area (Å²) in [4.78, 5) is 11.5. The van der Waals surface area contributed by atoms with Gasteiger partial charge in [0.05, 0.1) is 0 Å². The van der Waals surface area contributed by atoms with Gasteiger partial charge in [0, 0.05) is 25.1 Å². The fraction of sp³-hybridized carbons (Fsp3) is 0.714. The van der Waals surface area contributed by atoms with E-state index in [4.69, 9.17) is 10.7 Å². The van der Waals surface area contributed by atoms with E-state index in [9.17, 15) is 0 Å². The highest BCUT2D eigenvalue weighted by Gasteiger charge is 2.28. The van der Waals surface area contributed by atoms with E-state index < -0.39 is 0 Å². The monoisotopic (exact) mass is 246 g/mol. The molecule has 18 heavy (non-hydrogen) atoms. The largest absolute Gasteiger partial charge is 0.384 e. The molecule has 0 radical (unpaired) electrons. The number of piperidine rings is 1. The third kappa shape index (κ3) is 2.42. The Morgan fingerprint density at radius 3 is 2.89 bits per heavy atom. The van der Waals surface area contributed by atoms with E-state index in [1.807, 2.05) is 6.07 Å². The number of nitrogens with two attached hydrogens (primary N) is 1. The summed E-state index contributed by atoms with van der Waals surface area (Å²) in [5.41, 5.74) is 5.92. The van der Waals surface area contributed by atoms with Crippen molar-refractivity contribution >= 4 is 11.6 Å². The molecule has 1 atom stereocenters. The summed E-state index contributed by atoms with van der Waals surface area (Å²) in [6, 6.07) is 1.93. The number of anilines is 2. The number of aromatic nitrogens is 2. The first kappa shape index (κ1) is 11.8. The minimum absolute atomic E-state index is 0.569. The summed E-state index contributed by atoms with van der Waals surface area (Å²) in [5.74, 6) is 4.00. The third-order valence-corrected chi connectivity index (χ3v) is 4.11. The van der Waals surface area contributed by atoms with Crippen LogP contribution in [0.15, 0.2) is 6.07 Å². The predicted octanol–water partition coefficient (Wildman–Crippen LogP) is 2.56. The third-order valence-electron chi connectivity index (χ3n) is 4.11. The molecular weight excluding hydrogens is 224 g/mol. The van der Waals surface area contributed by atoms with Gasteiger partial charge in [-0.1, -0.05) is 13.3 Å². The van der Waals surface area contributed by atoms with Gasteiger partial charge in [-0.05, 0) is 31.6 Å². The Morgan fingerprint density at radius 2 is 2.17 bits per heavy atom. The van der Waals surface area contributed by atoms with Crippen molar-refractivity contribution in [2.45, 2.75) is 44.9 Å². The van der Waals surface area contributed by atoms with Crippen molar-refractivity contribution in [2.24, 2.45) is 5.92 Å². The van der Waals surface area contributed by atoms with Crippen LogP contribution in [0.5, 0.6) is 0 Å². The molecule has 1 saturated carbocycles. The SMILES string of the molecule is CCC1CCCN(c2cc(N)nc(C3CC3)n2)C1. The summed E-state index contributed by atoms with van der Waals surface area (Å²) in [6.45, 7) is 4.51. The number of hydrogen-bond donors (Lipinski definition) is 1. The Bertz CT molecular complexity index is 428. The zero-order valence-electron chi connectivity index (χ0n) is 11.1. The first-order valence-corrected chi connectivity index (χ1v) is 7.15. The Labute approximate surface area is 109 Å². The van der Waals surface area contributed by atoms with E-state index in [1.165, 1.54) is 32.1 Å². The highest BCUT2D eigenvalue weighted by molar-refractivity contribution is 5.48. The van der Waals surface area contributed by atoms with Crippen LogP contribution in [0.25, 0.3) is 0 Å². The zero-order valence-corrected chi connectivity index (χ0v) is 11.1. The molecule has 0 spiro atoms. The Balaban J connectivity index is 1.81. The van der Waals surface area contributed by atoms with Gasteiger partial charge in [-0.25, -0.2) is 9.97 Å². The van der Waals surface area contributed by atoms with Crippen LogP contribution in [0.4, 0.5) is 11.6 Å². The van der Waals surface area contributed by atoms with Gasteiger partial charge in [-0.15, -0.1) is 0 Å². The van der Waals surface area contributed by atoms with E-state index in [1.54, 1.807) is 0 Å². The fourth-order valence-electron chi connectivity index (χ4n) is 2.76. The van der Waals surface area contributed by atoms with E-state index in [0.29, 0.717) is 11.7 Å². The number of rotatable bonds is 3. The fourth-order valence-corrected chi connectivity index (χ4v) is 2.76. The van der Waals surface area contributed by atoms with Crippen LogP contribution < -0.4 is 10.6 Å². The molecule has 0 amide bonds. The van der Waals surface area contributed by atoms with Crippen LogP contribution in [-0.2, 0) is 0 Å². The molecule has 4 heteroatoms. The zero-order chi connectivity index (χ0) is 12.5. The van der Waals surface area contributed by atoms with Gasteiger partial charge in [-0.3, -0.25) is 0 Å². The quantitative estimate of drug-likeness (QED) is 0.890. The van der Waals surface area contributed by atoms with Gasteiger partial charge < -0.3 is 10.6 Å². The maximum atomic E-state index is 5.92. The molecule has 2 fully saturated rings. The van der Waals surface area contributed by atoms with Crippen molar-refractivity contribution in [3.05, 3.63) is 11.9 Å². The number of nitrogen functional groups attached to an aromatic ring is 1. The van der Waals surface area contributed by atoms with Gasteiger partial charge in [0.15, 0.2) is 0 Å². The lowest BCUT2D eigenvalue weighted by molar-refractivity contribution is 0.403. The number of hydrogen-bond acceptors (Lipinski definition) is 4. The van der Waals surface area contributed by atoms with Crippen molar-refractivity contribution in [3.63, 3.8) is 0 Å². The summed E-state index contributed by atoms with van der Waals surface area (Å²) in [5, 5.41) is 0. The summed E-state index contributed by atoms with van der Waals surface area (Å²) >= 11 is 0. The molecule has 1 aromatic rings. The first-order chi connectivity index (χ1) is 8.76. The van der Waals surface area contributed by atoms with Crippen LogP contribution in [-0.4, -0.2) is 23.1 Å². The van der Waals surface area contributed by atoms with Crippen LogP contribution >= 0.6 is 0 Å². The average Bonchev–Trinajstić information content (AvgIpc) is 3.22. The molecule has 3 rings (SSSR count). The van der Waals surface area contributed by atoms with Crippen LogP contribution in [0, 0.1) is 5.92 Å². The van der Waals surface area contributed by atoms with E-state index in [2.05, 4.69) is 16.8 Å². The highest BCUT2D eigenvalue weighted by atomic mass is 15.2. The molecule has 98 valence electrons. The van der Waals surface area contributed by atoms with Gasteiger partial charge >= 0.3 is 0 Å². The molecule has 4 nitrogen and oxygen atoms in total. The lowest BCUT2D eigenvalue weighted by atomic mass is 9.96. The van der Waals surface area contributed by atoms with Crippen LogP contribution in [0.3, 0.4) is 0 Å². The molecule has 0 bridgehead atoms. The molecule has 1 aliphatic heterocycles. The molecule has 1 unspecified atom stereocenters. The number of nitrogens with zero attached hydrogens (tertiary/aromatic N) is 3. The van der Waals surface area contributed by atoms with Gasteiger partial charge in [0.25, 0.3) is 0 Å². The van der Waals surface area contributed by atoms with Crippen LogP contribution in [0.1, 0.15) is 50.8 Å².